The minimum Gasteiger partial charge on any atom is -0.388 e. The maximum Gasteiger partial charge on any atom is 0.225 e. The van der Waals surface area contributed by atoms with Crippen LogP contribution in [0.25, 0.3) is 0 Å². The number of aliphatic hydroxyl groups excluding tert-OH is 1. The molecule has 1 aliphatic carbocycles. The second-order valence-electron chi connectivity index (χ2n) is 7.21. The number of aliphatic hydroxyl groups is 1. The van der Waals surface area contributed by atoms with Gasteiger partial charge in [-0.1, -0.05) is 56.0 Å². The van der Waals surface area contributed by atoms with Crippen LogP contribution in [-0.4, -0.2) is 29.0 Å². The SMILES string of the molecule is O=C(C1CCCCCC1)N1CCC(C(O)c2ccccc2)CC1. The summed E-state index contributed by atoms with van der Waals surface area (Å²) in [7, 11) is 0. The largest absolute Gasteiger partial charge is 0.388 e. The van der Waals surface area contributed by atoms with Crippen molar-refractivity contribution in [3.05, 3.63) is 35.9 Å². The van der Waals surface area contributed by atoms with Crippen molar-refractivity contribution in [3.8, 4) is 0 Å². The van der Waals surface area contributed by atoms with Gasteiger partial charge in [-0.3, -0.25) is 4.79 Å². The molecule has 3 nitrogen and oxygen atoms in total. The number of carbonyl (C=O) groups is 1. The summed E-state index contributed by atoms with van der Waals surface area (Å²) in [6.45, 7) is 1.62. The Bertz CT molecular complexity index is 486. The van der Waals surface area contributed by atoms with E-state index in [-0.39, 0.29) is 11.8 Å². The fraction of sp³-hybridized carbons (Fsp3) is 0.650. The van der Waals surface area contributed by atoms with Crippen molar-refractivity contribution in [1.29, 1.82) is 0 Å². The molecule has 3 rings (SSSR count). The summed E-state index contributed by atoms with van der Waals surface area (Å²) >= 11 is 0. The molecule has 1 saturated heterocycles. The van der Waals surface area contributed by atoms with Crippen molar-refractivity contribution in [3.63, 3.8) is 0 Å². The Morgan fingerprint density at radius 1 is 0.957 bits per heavy atom. The minimum absolute atomic E-state index is 0.257. The summed E-state index contributed by atoms with van der Waals surface area (Å²) < 4.78 is 0. The molecule has 2 aliphatic rings. The number of benzene rings is 1. The van der Waals surface area contributed by atoms with Gasteiger partial charge in [-0.25, -0.2) is 0 Å². The number of piperidine rings is 1. The van der Waals surface area contributed by atoms with Crippen LogP contribution in [-0.2, 0) is 4.79 Å². The van der Waals surface area contributed by atoms with Crippen LogP contribution in [0.2, 0.25) is 0 Å². The van der Waals surface area contributed by atoms with Crippen molar-refractivity contribution in [1.82, 2.24) is 4.90 Å². The third-order valence-electron chi connectivity index (χ3n) is 5.64. The first-order valence-corrected chi connectivity index (χ1v) is 9.27. The van der Waals surface area contributed by atoms with E-state index in [1.54, 1.807) is 0 Å². The fourth-order valence-electron chi connectivity index (χ4n) is 4.14. The Morgan fingerprint density at radius 3 is 2.17 bits per heavy atom. The van der Waals surface area contributed by atoms with Gasteiger partial charge in [0.15, 0.2) is 0 Å². The molecule has 0 spiro atoms. The normalized spacial score (nSPS) is 22.6. The lowest BCUT2D eigenvalue weighted by Gasteiger charge is -2.36. The number of hydrogen-bond donors (Lipinski definition) is 1. The number of hydrogen-bond acceptors (Lipinski definition) is 2. The summed E-state index contributed by atoms with van der Waals surface area (Å²) in [4.78, 5) is 14.8. The number of amides is 1. The van der Waals surface area contributed by atoms with E-state index in [2.05, 4.69) is 4.90 Å². The number of carbonyl (C=O) groups excluding carboxylic acids is 1. The first kappa shape index (κ1) is 16.5. The van der Waals surface area contributed by atoms with Gasteiger partial charge in [0.2, 0.25) is 5.91 Å². The first-order chi connectivity index (χ1) is 11.3. The molecule has 1 unspecified atom stereocenters. The number of likely N-dealkylation sites (tertiary alicyclic amines) is 1. The van der Waals surface area contributed by atoms with Crippen LogP contribution in [0.5, 0.6) is 0 Å². The van der Waals surface area contributed by atoms with E-state index in [1.807, 2.05) is 30.3 Å². The molecule has 1 amide bonds. The minimum atomic E-state index is -0.397. The average molecular weight is 315 g/mol. The quantitative estimate of drug-likeness (QED) is 0.859. The molecule has 0 bridgehead atoms. The molecule has 23 heavy (non-hydrogen) atoms. The highest BCUT2D eigenvalue weighted by molar-refractivity contribution is 5.78. The highest BCUT2D eigenvalue weighted by Crippen LogP contribution is 2.32. The van der Waals surface area contributed by atoms with E-state index in [0.29, 0.717) is 5.91 Å². The summed E-state index contributed by atoms with van der Waals surface area (Å²) in [6.07, 6.45) is 8.56. The summed E-state index contributed by atoms with van der Waals surface area (Å²) in [6, 6.07) is 9.91. The molecule has 2 fully saturated rings. The molecule has 3 heteroatoms. The Labute approximate surface area is 139 Å². The van der Waals surface area contributed by atoms with E-state index in [1.165, 1.54) is 25.7 Å². The van der Waals surface area contributed by atoms with Crippen molar-refractivity contribution in [2.75, 3.05) is 13.1 Å². The predicted octanol–water partition coefficient (Wildman–Crippen LogP) is 3.93. The van der Waals surface area contributed by atoms with Crippen molar-refractivity contribution >= 4 is 5.91 Å². The second-order valence-corrected chi connectivity index (χ2v) is 7.21. The van der Waals surface area contributed by atoms with E-state index in [4.69, 9.17) is 0 Å². The third-order valence-corrected chi connectivity index (χ3v) is 5.64. The van der Waals surface area contributed by atoms with Crippen molar-refractivity contribution in [2.24, 2.45) is 11.8 Å². The van der Waals surface area contributed by atoms with Crippen LogP contribution in [0.3, 0.4) is 0 Å². The third kappa shape index (κ3) is 4.14. The van der Waals surface area contributed by atoms with Crippen LogP contribution in [0, 0.1) is 11.8 Å². The Balaban J connectivity index is 1.52. The lowest BCUT2D eigenvalue weighted by Crippen LogP contribution is -2.42. The lowest BCUT2D eigenvalue weighted by molar-refractivity contribution is -0.138. The van der Waals surface area contributed by atoms with Crippen LogP contribution >= 0.6 is 0 Å². The highest BCUT2D eigenvalue weighted by atomic mass is 16.3. The number of rotatable bonds is 3. The zero-order chi connectivity index (χ0) is 16.1. The molecule has 1 aromatic carbocycles. The highest BCUT2D eigenvalue weighted by Gasteiger charge is 2.31. The molecule has 1 aliphatic heterocycles. The molecule has 0 radical (unpaired) electrons. The maximum atomic E-state index is 12.7. The van der Waals surface area contributed by atoms with E-state index in [9.17, 15) is 9.90 Å². The summed E-state index contributed by atoms with van der Waals surface area (Å²) in [5.74, 6) is 0.906. The van der Waals surface area contributed by atoms with E-state index in [0.717, 1.165) is 44.3 Å². The van der Waals surface area contributed by atoms with Crippen LogP contribution in [0.1, 0.15) is 63.0 Å². The summed E-state index contributed by atoms with van der Waals surface area (Å²) in [5, 5.41) is 10.6. The molecule has 0 aromatic heterocycles. The molecular weight excluding hydrogens is 286 g/mol. The molecule has 1 saturated carbocycles. The molecular formula is C20H29NO2. The van der Waals surface area contributed by atoms with Crippen LogP contribution < -0.4 is 0 Å². The van der Waals surface area contributed by atoms with Gasteiger partial charge in [-0.2, -0.15) is 0 Å². The monoisotopic (exact) mass is 315 g/mol. The second kappa shape index (κ2) is 7.96. The Hall–Kier alpha value is -1.35. The Kier molecular flexibility index (Phi) is 5.71. The van der Waals surface area contributed by atoms with Gasteiger partial charge < -0.3 is 10.0 Å². The topological polar surface area (TPSA) is 40.5 Å². The van der Waals surface area contributed by atoms with Crippen LogP contribution in [0.4, 0.5) is 0 Å². The Morgan fingerprint density at radius 2 is 1.57 bits per heavy atom. The van der Waals surface area contributed by atoms with Crippen molar-refractivity contribution in [2.45, 2.75) is 57.5 Å². The van der Waals surface area contributed by atoms with Gasteiger partial charge in [0, 0.05) is 19.0 Å². The molecule has 126 valence electrons. The molecule has 1 atom stereocenters. The maximum absolute atomic E-state index is 12.7. The van der Waals surface area contributed by atoms with Gasteiger partial charge >= 0.3 is 0 Å². The molecule has 1 N–H and O–H groups in total. The average Bonchev–Trinajstić information content (AvgIpc) is 2.91. The standard InChI is InChI=1S/C20H29NO2/c22-19(16-8-6-3-7-9-16)17-12-14-21(15-13-17)20(23)18-10-4-1-2-5-11-18/h3,6-9,17-19,22H,1-2,4-5,10-15H2. The van der Waals surface area contributed by atoms with Gasteiger partial charge in [0.05, 0.1) is 6.10 Å². The summed E-state index contributed by atoms with van der Waals surface area (Å²) in [5.41, 5.74) is 1.00. The van der Waals surface area contributed by atoms with Gasteiger partial charge in [-0.05, 0) is 37.2 Å². The zero-order valence-corrected chi connectivity index (χ0v) is 14.0. The molecule has 1 heterocycles. The van der Waals surface area contributed by atoms with E-state index >= 15 is 0 Å². The fourth-order valence-corrected chi connectivity index (χ4v) is 4.14. The first-order valence-electron chi connectivity index (χ1n) is 9.27. The van der Waals surface area contributed by atoms with Gasteiger partial charge in [-0.15, -0.1) is 0 Å². The lowest BCUT2D eigenvalue weighted by atomic mass is 9.86. The van der Waals surface area contributed by atoms with Crippen LogP contribution in [0.15, 0.2) is 30.3 Å². The zero-order valence-electron chi connectivity index (χ0n) is 14.0. The van der Waals surface area contributed by atoms with Gasteiger partial charge in [0.1, 0.15) is 0 Å². The smallest absolute Gasteiger partial charge is 0.225 e. The predicted molar refractivity (Wildman–Crippen MR) is 91.9 cm³/mol. The number of nitrogens with zero attached hydrogens (tertiary/aromatic N) is 1. The van der Waals surface area contributed by atoms with Gasteiger partial charge in [0.25, 0.3) is 0 Å². The van der Waals surface area contributed by atoms with E-state index < -0.39 is 6.10 Å². The van der Waals surface area contributed by atoms with Crippen molar-refractivity contribution < 1.29 is 9.90 Å². The molecule has 1 aromatic rings.